The predicted octanol–water partition coefficient (Wildman–Crippen LogP) is 3.66. The largest absolute Gasteiger partial charge is 0.393 e. The zero-order valence-corrected chi connectivity index (χ0v) is 17.1. The topological polar surface area (TPSA) is 58.9 Å². The molecule has 1 saturated heterocycles. The zero-order chi connectivity index (χ0) is 19.0. The molecule has 0 spiro atoms. The summed E-state index contributed by atoms with van der Waals surface area (Å²) >= 11 is 0. The van der Waals surface area contributed by atoms with Gasteiger partial charge in [0.1, 0.15) is 0 Å². The van der Waals surface area contributed by atoms with Gasteiger partial charge in [-0.25, -0.2) is 0 Å². The van der Waals surface area contributed by atoms with E-state index in [2.05, 4.69) is 26.8 Å². The fraction of sp³-hybridized carbons (Fsp3) is 0.913. The van der Waals surface area contributed by atoms with Gasteiger partial charge >= 0.3 is 0 Å². The second-order valence-corrected chi connectivity index (χ2v) is 10.7. The molecule has 0 aromatic carbocycles. The van der Waals surface area contributed by atoms with Crippen LogP contribution in [0.3, 0.4) is 0 Å². The molecule has 4 heteroatoms. The molecule has 4 fully saturated rings. The first-order valence-corrected chi connectivity index (χ1v) is 11.1. The average molecular weight is 377 g/mol. The number of allylic oxidation sites excluding steroid dienone is 1. The molecule has 0 aromatic rings. The van der Waals surface area contributed by atoms with E-state index < -0.39 is 5.79 Å². The van der Waals surface area contributed by atoms with Crippen LogP contribution in [0.25, 0.3) is 0 Å². The van der Waals surface area contributed by atoms with Crippen molar-refractivity contribution < 1.29 is 19.7 Å². The Bertz CT molecular complexity index is 638. The fourth-order valence-electron chi connectivity index (χ4n) is 8.37. The van der Waals surface area contributed by atoms with Crippen molar-refractivity contribution in [1.82, 2.24) is 0 Å². The van der Waals surface area contributed by atoms with Crippen LogP contribution in [-0.2, 0) is 9.47 Å². The fourth-order valence-corrected chi connectivity index (χ4v) is 8.37. The van der Waals surface area contributed by atoms with Crippen molar-refractivity contribution in [3.8, 4) is 0 Å². The Balaban J connectivity index is 1.49. The van der Waals surface area contributed by atoms with Gasteiger partial charge in [0.2, 0.25) is 0 Å². The van der Waals surface area contributed by atoms with Gasteiger partial charge in [0.15, 0.2) is 5.79 Å². The minimum Gasteiger partial charge on any atom is -0.393 e. The van der Waals surface area contributed by atoms with Crippen LogP contribution < -0.4 is 0 Å². The molecule has 1 aliphatic heterocycles. The van der Waals surface area contributed by atoms with Gasteiger partial charge in [0, 0.05) is 5.92 Å². The van der Waals surface area contributed by atoms with Crippen LogP contribution in [0.2, 0.25) is 0 Å². The standard InChI is InChI=1S/C23H36O4/c1-21-9-8-15(24)12-14(21)4-5-16-17-6-7-19(23(3)26-10-11-27-23)22(17,2)13-18(25)20(16)21/h4,15-20,24-25H,5-13H2,1-3H3/t15?,16?,17?,18-,19-,20?,21?,22?/m0/s1. The summed E-state index contributed by atoms with van der Waals surface area (Å²) in [5.74, 6) is 1.38. The highest BCUT2D eigenvalue weighted by molar-refractivity contribution is 5.26. The molecule has 4 aliphatic carbocycles. The minimum absolute atomic E-state index is 0.0608. The van der Waals surface area contributed by atoms with Gasteiger partial charge in [-0.2, -0.15) is 0 Å². The number of fused-ring (bicyclic) bond motifs is 5. The monoisotopic (exact) mass is 376 g/mol. The average Bonchev–Trinajstić information content (AvgIpc) is 3.19. The van der Waals surface area contributed by atoms with E-state index in [1.54, 1.807) is 0 Å². The lowest BCUT2D eigenvalue weighted by Crippen LogP contribution is -2.58. The van der Waals surface area contributed by atoms with E-state index in [4.69, 9.17) is 9.47 Å². The smallest absolute Gasteiger partial charge is 0.169 e. The molecule has 4 nitrogen and oxygen atoms in total. The first kappa shape index (κ1) is 18.6. The Labute approximate surface area is 163 Å². The van der Waals surface area contributed by atoms with Crippen molar-refractivity contribution in [1.29, 1.82) is 0 Å². The molecule has 5 aliphatic rings. The quantitative estimate of drug-likeness (QED) is 0.686. The van der Waals surface area contributed by atoms with Crippen LogP contribution in [0, 0.1) is 34.5 Å². The predicted molar refractivity (Wildman–Crippen MR) is 103 cm³/mol. The number of aliphatic hydroxyl groups is 2. The van der Waals surface area contributed by atoms with Gasteiger partial charge in [-0.05, 0) is 80.5 Å². The second kappa shape index (κ2) is 6.04. The maximum Gasteiger partial charge on any atom is 0.169 e. The molecule has 0 aromatic heterocycles. The molecule has 3 saturated carbocycles. The molecule has 0 radical (unpaired) electrons. The maximum absolute atomic E-state index is 11.5. The van der Waals surface area contributed by atoms with E-state index in [1.165, 1.54) is 12.0 Å². The van der Waals surface area contributed by atoms with Crippen molar-refractivity contribution >= 4 is 0 Å². The van der Waals surface area contributed by atoms with E-state index in [-0.39, 0.29) is 23.0 Å². The summed E-state index contributed by atoms with van der Waals surface area (Å²) in [5.41, 5.74) is 1.55. The van der Waals surface area contributed by atoms with Crippen molar-refractivity contribution in [2.75, 3.05) is 13.2 Å². The number of rotatable bonds is 1. The molecule has 0 bridgehead atoms. The van der Waals surface area contributed by atoms with E-state index >= 15 is 0 Å². The second-order valence-electron chi connectivity index (χ2n) is 10.7. The van der Waals surface area contributed by atoms with E-state index in [9.17, 15) is 10.2 Å². The summed E-state index contributed by atoms with van der Waals surface area (Å²) in [6.45, 7) is 8.27. The molecule has 2 N–H and O–H groups in total. The highest BCUT2D eigenvalue weighted by atomic mass is 16.7. The Morgan fingerprint density at radius 3 is 2.52 bits per heavy atom. The Morgan fingerprint density at radius 1 is 1.04 bits per heavy atom. The van der Waals surface area contributed by atoms with Crippen LogP contribution in [0.15, 0.2) is 11.6 Å². The third-order valence-electron chi connectivity index (χ3n) is 9.50. The third kappa shape index (κ3) is 2.49. The Kier molecular flexibility index (Phi) is 4.16. The zero-order valence-electron chi connectivity index (χ0n) is 17.1. The minimum atomic E-state index is -0.482. The summed E-state index contributed by atoms with van der Waals surface area (Å²) in [6.07, 6.45) is 8.92. The molecular weight excluding hydrogens is 340 g/mol. The van der Waals surface area contributed by atoms with Gasteiger partial charge in [0.25, 0.3) is 0 Å². The van der Waals surface area contributed by atoms with Gasteiger partial charge in [-0.3, -0.25) is 0 Å². The van der Waals surface area contributed by atoms with Crippen molar-refractivity contribution in [2.45, 2.75) is 83.7 Å². The van der Waals surface area contributed by atoms with Crippen molar-refractivity contribution in [2.24, 2.45) is 34.5 Å². The van der Waals surface area contributed by atoms with E-state index in [0.717, 1.165) is 38.5 Å². The Morgan fingerprint density at radius 2 is 1.78 bits per heavy atom. The summed E-state index contributed by atoms with van der Waals surface area (Å²) < 4.78 is 12.2. The lowest BCUT2D eigenvalue weighted by Gasteiger charge is -2.60. The van der Waals surface area contributed by atoms with Gasteiger partial charge < -0.3 is 19.7 Å². The molecule has 0 amide bonds. The lowest BCUT2D eigenvalue weighted by molar-refractivity contribution is -0.223. The normalized spacial score (nSPS) is 54.0. The highest BCUT2D eigenvalue weighted by Crippen LogP contribution is 2.68. The van der Waals surface area contributed by atoms with Crippen LogP contribution in [0.5, 0.6) is 0 Å². The van der Waals surface area contributed by atoms with Crippen molar-refractivity contribution in [3.05, 3.63) is 11.6 Å². The van der Waals surface area contributed by atoms with Crippen molar-refractivity contribution in [3.63, 3.8) is 0 Å². The summed E-state index contributed by atoms with van der Waals surface area (Å²) in [6, 6.07) is 0. The molecule has 6 unspecified atom stereocenters. The lowest BCUT2D eigenvalue weighted by atomic mass is 9.46. The highest BCUT2D eigenvalue weighted by Gasteiger charge is 2.65. The maximum atomic E-state index is 11.5. The number of hydrogen-bond donors (Lipinski definition) is 2. The van der Waals surface area contributed by atoms with Crippen LogP contribution >= 0.6 is 0 Å². The number of hydrogen-bond acceptors (Lipinski definition) is 4. The first-order valence-electron chi connectivity index (χ1n) is 11.1. The van der Waals surface area contributed by atoms with Crippen LogP contribution in [0.1, 0.15) is 65.7 Å². The third-order valence-corrected chi connectivity index (χ3v) is 9.50. The van der Waals surface area contributed by atoms with Crippen LogP contribution in [0.4, 0.5) is 0 Å². The van der Waals surface area contributed by atoms with E-state index in [0.29, 0.717) is 36.9 Å². The molecule has 27 heavy (non-hydrogen) atoms. The van der Waals surface area contributed by atoms with Gasteiger partial charge in [-0.1, -0.05) is 25.5 Å². The van der Waals surface area contributed by atoms with Crippen LogP contribution in [-0.4, -0.2) is 41.4 Å². The van der Waals surface area contributed by atoms with Gasteiger partial charge in [-0.15, -0.1) is 0 Å². The number of ether oxygens (including phenoxy) is 2. The van der Waals surface area contributed by atoms with Gasteiger partial charge in [0.05, 0.1) is 25.4 Å². The first-order chi connectivity index (χ1) is 12.8. The van der Waals surface area contributed by atoms with E-state index in [1.807, 2.05) is 0 Å². The number of aliphatic hydroxyl groups excluding tert-OH is 2. The molecular formula is C23H36O4. The summed E-state index contributed by atoms with van der Waals surface area (Å²) in [4.78, 5) is 0. The molecule has 1 heterocycles. The molecule has 5 rings (SSSR count). The molecule has 8 atom stereocenters. The molecule has 152 valence electrons. The summed E-state index contributed by atoms with van der Waals surface area (Å²) in [7, 11) is 0. The Hall–Kier alpha value is -0.420. The SMILES string of the molecule is CC12CCC(O)CC1=CCC1C2[C@@H](O)CC2(C)C1CC[C@@H]2C1(C)OCCO1. The summed E-state index contributed by atoms with van der Waals surface area (Å²) in [5, 5.41) is 21.6.